The molecule has 0 aliphatic rings. The molecule has 6 nitrogen and oxygen atoms in total. The van der Waals surface area contributed by atoms with E-state index in [1.807, 2.05) is 0 Å². The number of rotatable bonds is 44. The molecule has 0 aliphatic carbocycles. The highest BCUT2D eigenvalue weighted by atomic mass is 16.6. The van der Waals surface area contributed by atoms with Gasteiger partial charge in [-0.25, -0.2) is 0 Å². The third-order valence-electron chi connectivity index (χ3n) is 10.5. The van der Waals surface area contributed by atoms with Gasteiger partial charge in [0.15, 0.2) is 6.10 Å². The minimum absolute atomic E-state index is 0.0854. The summed E-state index contributed by atoms with van der Waals surface area (Å²) in [5.74, 6) is -0.917. The Morgan fingerprint density at radius 2 is 0.661 bits per heavy atom. The molecule has 0 N–H and O–H groups in total. The third-order valence-corrected chi connectivity index (χ3v) is 10.5. The summed E-state index contributed by atoms with van der Waals surface area (Å²) >= 11 is 0. The van der Waals surface area contributed by atoms with E-state index in [0.717, 1.165) is 103 Å². The van der Waals surface area contributed by atoms with Gasteiger partial charge in [0, 0.05) is 19.3 Å². The number of hydrogen-bond donors (Lipinski definition) is 0. The lowest BCUT2D eigenvalue weighted by Gasteiger charge is -2.18. The van der Waals surface area contributed by atoms with Crippen molar-refractivity contribution in [2.75, 3.05) is 13.2 Å². The molecule has 0 rings (SSSR count). The summed E-state index contributed by atoms with van der Waals surface area (Å²) in [5, 5.41) is 0. The molecule has 0 fully saturated rings. The molecule has 6 heteroatoms. The van der Waals surface area contributed by atoms with Gasteiger partial charge in [0.05, 0.1) is 0 Å². The molecule has 0 aromatic carbocycles. The third kappa shape index (κ3) is 46.0. The Kier molecular flexibility index (Phi) is 45.4. The van der Waals surface area contributed by atoms with Gasteiger partial charge in [-0.2, -0.15) is 0 Å². The summed E-state index contributed by atoms with van der Waals surface area (Å²) < 4.78 is 16.7. The van der Waals surface area contributed by atoms with Crippen LogP contribution in [-0.2, 0) is 28.6 Å². The number of carbonyl (C=O) groups is 3. The molecule has 0 bridgehead atoms. The molecule has 0 spiro atoms. The SMILES string of the molecule is CC/C=C\C/C=C\C/C=C\C/C=C\CCCCCCC(=O)O[C@H](COC(=O)CCCCCCC/C=C\CCCCCC)COC(=O)CCCCCCCCCCCCC. The summed E-state index contributed by atoms with van der Waals surface area (Å²) in [6.07, 6.45) is 57.7. The molecule has 0 saturated heterocycles. The van der Waals surface area contributed by atoms with Gasteiger partial charge in [-0.05, 0) is 83.5 Å². The van der Waals surface area contributed by atoms with Crippen LogP contribution in [0.15, 0.2) is 60.8 Å². The van der Waals surface area contributed by atoms with Crippen molar-refractivity contribution in [3.05, 3.63) is 60.8 Å². The maximum absolute atomic E-state index is 12.8. The van der Waals surface area contributed by atoms with E-state index < -0.39 is 6.10 Å². The number of esters is 3. The topological polar surface area (TPSA) is 78.9 Å². The first-order valence-electron chi connectivity index (χ1n) is 24.8. The number of ether oxygens (including phenoxy) is 3. The Morgan fingerprint density at radius 1 is 0.356 bits per heavy atom. The fraction of sp³-hybridized carbons (Fsp3) is 0.755. The first kappa shape index (κ1) is 56.1. The predicted molar refractivity (Wildman–Crippen MR) is 251 cm³/mol. The van der Waals surface area contributed by atoms with Gasteiger partial charge in [0.1, 0.15) is 13.2 Å². The molecule has 59 heavy (non-hydrogen) atoms. The van der Waals surface area contributed by atoms with E-state index in [0.29, 0.717) is 19.3 Å². The number of carbonyl (C=O) groups excluding carboxylic acids is 3. The normalized spacial score (nSPS) is 12.5. The molecule has 0 aromatic rings. The van der Waals surface area contributed by atoms with Crippen molar-refractivity contribution in [2.24, 2.45) is 0 Å². The molecule has 0 unspecified atom stereocenters. The largest absolute Gasteiger partial charge is 0.462 e. The first-order valence-corrected chi connectivity index (χ1v) is 24.8. The van der Waals surface area contributed by atoms with Crippen LogP contribution in [0.25, 0.3) is 0 Å². The average molecular weight is 825 g/mol. The number of allylic oxidation sites excluding steroid dienone is 10. The zero-order valence-corrected chi connectivity index (χ0v) is 38.8. The number of hydrogen-bond acceptors (Lipinski definition) is 6. The Bertz CT molecular complexity index is 1090. The first-order chi connectivity index (χ1) is 29.0. The quantitative estimate of drug-likeness (QED) is 0.0263. The molecule has 0 saturated carbocycles. The van der Waals surface area contributed by atoms with Crippen LogP contribution in [-0.4, -0.2) is 37.2 Å². The maximum atomic E-state index is 12.8. The van der Waals surface area contributed by atoms with Crippen LogP contribution in [0.5, 0.6) is 0 Å². The van der Waals surface area contributed by atoms with Gasteiger partial charge in [-0.1, -0.05) is 197 Å². The van der Waals surface area contributed by atoms with Gasteiger partial charge >= 0.3 is 17.9 Å². The van der Waals surface area contributed by atoms with E-state index in [1.165, 1.54) is 96.3 Å². The minimum Gasteiger partial charge on any atom is -0.462 e. The van der Waals surface area contributed by atoms with Gasteiger partial charge in [0.2, 0.25) is 0 Å². The summed E-state index contributed by atoms with van der Waals surface area (Å²) in [4.78, 5) is 37.9. The molecule has 0 aliphatic heterocycles. The molecule has 0 radical (unpaired) electrons. The van der Waals surface area contributed by atoms with E-state index in [-0.39, 0.29) is 31.1 Å². The second-order valence-corrected chi connectivity index (χ2v) is 16.3. The van der Waals surface area contributed by atoms with Gasteiger partial charge < -0.3 is 14.2 Å². The van der Waals surface area contributed by atoms with E-state index in [4.69, 9.17) is 14.2 Å². The average Bonchev–Trinajstić information content (AvgIpc) is 3.23. The summed E-state index contributed by atoms with van der Waals surface area (Å²) in [6.45, 7) is 6.47. The van der Waals surface area contributed by atoms with Crippen molar-refractivity contribution in [3.63, 3.8) is 0 Å². The lowest BCUT2D eigenvalue weighted by Crippen LogP contribution is -2.30. The van der Waals surface area contributed by atoms with E-state index in [1.54, 1.807) is 0 Å². The van der Waals surface area contributed by atoms with Crippen molar-refractivity contribution < 1.29 is 28.6 Å². The molecular weight excluding hydrogens is 733 g/mol. The molecule has 0 amide bonds. The Balaban J connectivity index is 4.43. The Hall–Kier alpha value is -2.89. The van der Waals surface area contributed by atoms with Crippen LogP contribution in [0.3, 0.4) is 0 Å². The summed E-state index contributed by atoms with van der Waals surface area (Å²) in [6, 6.07) is 0. The second-order valence-electron chi connectivity index (χ2n) is 16.3. The highest BCUT2D eigenvalue weighted by molar-refractivity contribution is 5.71. The summed E-state index contributed by atoms with van der Waals surface area (Å²) in [5.41, 5.74) is 0. The van der Waals surface area contributed by atoms with Crippen LogP contribution < -0.4 is 0 Å². The molecule has 340 valence electrons. The van der Waals surface area contributed by atoms with Crippen molar-refractivity contribution in [1.29, 1.82) is 0 Å². The molecular formula is C53H92O6. The Labute approximate surface area is 364 Å². The fourth-order valence-electron chi connectivity index (χ4n) is 6.78. The van der Waals surface area contributed by atoms with Crippen molar-refractivity contribution >= 4 is 17.9 Å². The van der Waals surface area contributed by atoms with Crippen LogP contribution in [0.1, 0.15) is 239 Å². The monoisotopic (exact) mass is 825 g/mol. The van der Waals surface area contributed by atoms with Crippen LogP contribution >= 0.6 is 0 Å². The Morgan fingerprint density at radius 3 is 1.07 bits per heavy atom. The zero-order valence-electron chi connectivity index (χ0n) is 38.8. The maximum Gasteiger partial charge on any atom is 0.306 e. The van der Waals surface area contributed by atoms with Crippen molar-refractivity contribution in [1.82, 2.24) is 0 Å². The van der Waals surface area contributed by atoms with Crippen LogP contribution in [0.4, 0.5) is 0 Å². The molecule has 0 heterocycles. The van der Waals surface area contributed by atoms with Gasteiger partial charge in [-0.15, -0.1) is 0 Å². The molecule has 1 atom stereocenters. The van der Waals surface area contributed by atoms with Crippen LogP contribution in [0.2, 0.25) is 0 Å². The number of unbranched alkanes of at least 4 members (excludes halogenated alkanes) is 23. The predicted octanol–water partition coefficient (Wildman–Crippen LogP) is 16.1. The lowest BCUT2D eigenvalue weighted by atomic mass is 10.1. The van der Waals surface area contributed by atoms with E-state index >= 15 is 0 Å². The minimum atomic E-state index is -0.786. The smallest absolute Gasteiger partial charge is 0.306 e. The van der Waals surface area contributed by atoms with E-state index in [9.17, 15) is 14.4 Å². The zero-order chi connectivity index (χ0) is 43.0. The fourth-order valence-corrected chi connectivity index (χ4v) is 6.78. The molecule has 0 aromatic heterocycles. The standard InChI is InChI=1S/C53H92O6/c1-4-7-10-13-16-19-22-24-25-26-27-29-32-35-38-41-44-47-53(56)59-50(48-57-51(54)45-42-39-36-33-30-21-18-15-12-9-6-3)49-58-52(55)46-43-40-37-34-31-28-23-20-17-14-11-8-5-2/h7,10,16,19-20,23-25,27,29,50H,4-6,8-9,11-15,17-18,21-22,26,28,30-49H2,1-3H3/b10-7-,19-16-,23-20-,25-24-,29-27-/t50-/m0/s1. The van der Waals surface area contributed by atoms with Crippen molar-refractivity contribution in [3.8, 4) is 0 Å². The highest BCUT2D eigenvalue weighted by Gasteiger charge is 2.19. The van der Waals surface area contributed by atoms with Gasteiger partial charge in [-0.3, -0.25) is 14.4 Å². The van der Waals surface area contributed by atoms with Crippen LogP contribution in [0, 0.1) is 0 Å². The van der Waals surface area contributed by atoms with Gasteiger partial charge in [0.25, 0.3) is 0 Å². The van der Waals surface area contributed by atoms with E-state index in [2.05, 4.69) is 81.5 Å². The highest BCUT2D eigenvalue weighted by Crippen LogP contribution is 2.14. The summed E-state index contributed by atoms with van der Waals surface area (Å²) in [7, 11) is 0. The van der Waals surface area contributed by atoms with Crippen molar-refractivity contribution in [2.45, 2.75) is 245 Å². The second kappa shape index (κ2) is 47.8. The lowest BCUT2D eigenvalue weighted by molar-refractivity contribution is -0.167.